The highest BCUT2D eigenvalue weighted by molar-refractivity contribution is 5.84. The molecule has 1 N–H and O–H groups in total. The van der Waals surface area contributed by atoms with Gasteiger partial charge in [0.2, 0.25) is 0 Å². The van der Waals surface area contributed by atoms with E-state index in [4.69, 9.17) is 0 Å². The number of hydrogen-bond donors (Lipinski definition) is 1. The Morgan fingerprint density at radius 1 is 1.33 bits per heavy atom. The molecular formula is C10H18N2. The molecule has 68 valence electrons. The molecule has 1 heterocycles. The normalized spacial score (nSPS) is 22.8. The van der Waals surface area contributed by atoms with Gasteiger partial charge in [-0.1, -0.05) is 20.8 Å². The average molecular weight is 166 g/mol. The summed E-state index contributed by atoms with van der Waals surface area (Å²) in [4.78, 5) is 4.34. The van der Waals surface area contributed by atoms with Crippen LogP contribution in [0.2, 0.25) is 0 Å². The number of aliphatic imine (C=N–C) groups is 1. The van der Waals surface area contributed by atoms with Gasteiger partial charge in [0.15, 0.2) is 0 Å². The summed E-state index contributed by atoms with van der Waals surface area (Å²) in [5.41, 5.74) is 1.43. The van der Waals surface area contributed by atoms with Gasteiger partial charge in [0.25, 0.3) is 0 Å². The predicted octanol–water partition coefficient (Wildman–Crippen LogP) is 2.47. The summed E-state index contributed by atoms with van der Waals surface area (Å²) in [5.74, 6) is 1.12. The molecule has 2 heteroatoms. The molecule has 0 amide bonds. The minimum atomic E-state index is 0.530. The third-order valence-corrected chi connectivity index (χ3v) is 2.33. The summed E-state index contributed by atoms with van der Waals surface area (Å²) in [6.45, 7) is 6.52. The number of hydrogen-bond acceptors (Lipinski definition) is 2. The Labute approximate surface area is 74.8 Å². The largest absolute Gasteiger partial charge is 0.367 e. The molecular weight excluding hydrogens is 148 g/mol. The Balaban J connectivity index is 2.70. The van der Waals surface area contributed by atoms with Crippen molar-refractivity contribution in [3.8, 4) is 0 Å². The summed E-state index contributed by atoms with van der Waals surface area (Å²) in [6, 6.07) is 0.530. The Bertz CT molecular complexity index is 204. The second-order valence-electron chi connectivity index (χ2n) is 3.09. The van der Waals surface area contributed by atoms with Gasteiger partial charge in [-0.15, -0.1) is 0 Å². The maximum atomic E-state index is 4.34. The zero-order chi connectivity index (χ0) is 8.97. The van der Waals surface area contributed by atoms with Crippen molar-refractivity contribution < 1.29 is 0 Å². The lowest BCUT2D eigenvalue weighted by Crippen LogP contribution is -2.37. The van der Waals surface area contributed by atoms with Crippen LogP contribution >= 0.6 is 0 Å². The Hall–Kier alpha value is -0.790. The lowest BCUT2D eigenvalue weighted by atomic mass is 10.0. The van der Waals surface area contributed by atoms with Crippen LogP contribution in [0.15, 0.2) is 16.8 Å². The number of nitrogens with one attached hydrogen (secondary N) is 1. The maximum absolute atomic E-state index is 4.34. The van der Waals surface area contributed by atoms with Crippen LogP contribution < -0.4 is 5.32 Å². The standard InChI is InChI=1S/C10H18N2/c1-4-8-7-11-10(6-3)12-9(8)5-2/h7,9H,4-6H2,1-3H3,(H,11,12). The Morgan fingerprint density at radius 3 is 2.58 bits per heavy atom. The van der Waals surface area contributed by atoms with Gasteiger partial charge in [0.1, 0.15) is 5.84 Å². The van der Waals surface area contributed by atoms with E-state index >= 15 is 0 Å². The van der Waals surface area contributed by atoms with E-state index in [1.165, 1.54) is 5.57 Å². The first-order chi connectivity index (χ1) is 5.81. The molecule has 0 fully saturated rings. The molecule has 0 aromatic carbocycles. The van der Waals surface area contributed by atoms with Crippen LogP contribution in [0, 0.1) is 0 Å². The first-order valence-electron chi connectivity index (χ1n) is 4.83. The number of rotatable bonds is 3. The molecule has 1 rings (SSSR count). The highest BCUT2D eigenvalue weighted by atomic mass is 15.0. The second kappa shape index (κ2) is 4.29. The van der Waals surface area contributed by atoms with E-state index in [9.17, 15) is 0 Å². The van der Waals surface area contributed by atoms with Crippen molar-refractivity contribution in [1.29, 1.82) is 0 Å². The molecule has 0 saturated heterocycles. The van der Waals surface area contributed by atoms with E-state index < -0.39 is 0 Å². The second-order valence-corrected chi connectivity index (χ2v) is 3.09. The zero-order valence-corrected chi connectivity index (χ0v) is 8.22. The molecule has 0 aromatic heterocycles. The first-order valence-corrected chi connectivity index (χ1v) is 4.83. The highest BCUT2D eigenvalue weighted by Gasteiger charge is 2.14. The van der Waals surface area contributed by atoms with Gasteiger partial charge < -0.3 is 5.32 Å². The lowest BCUT2D eigenvalue weighted by molar-refractivity contribution is 0.629. The fraction of sp³-hybridized carbons (Fsp3) is 0.700. The van der Waals surface area contributed by atoms with Gasteiger partial charge in [-0.3, -0.25) is 0 Å². The Morgan fingerprint density at radius 2 is 2.08 bits per heavy atom. The average Bonchev–Trinajstić information content (AvgIpc) is 2.16. The van der Waals surface area contributed by atoms with Gasteiger partial charge in [-0.2, -0.15) is 0 Å². The molecule has 2 nitrogen and oxygen atoms in total. The maximum Gasteiger partial charge on any atom is 0.102 e. The van der Waals surface area contributed by atoms with Crippen LogP contribution in [0.5, 0.6) is 0 Å². The summed E-state index contributed by atoms with van der Waals surface area (Å²) in [7, 11) is 0. The monoisotopic (exact) mass is 166 g/mol. The molecule has 1 atom stereocenters. The molecule has 0 spiro atoms. The fourth-order valence-electron chi connectivity index (χ4n) is 1.48. The van der Waals surface area contributed by atoms with Crippen LogP contribution in [0.3, 0.4) is 0 Å². The fourth-order valence-corrected chi connectivity index (χ4v) is 1.48. The van der Waals surface area contributed by atoms with Gasteiger partial charge in [-0.25, -0.2) is 4.99 Å². The summed E-state index contributed by atoms with van der Waals surface area (Å²) >= 11 is 0. The van der Waals surface area contributed by atoms with Crippen molar-refractivity contribution in [2.75, 3.05) is 0 Å². The SMILES string of the molecule is CCC1=CN=C(CC)NC1CC. The predicted molar refractivity (Wildman–Crippen MR) is 53.3 cm³/mol. The Kier molecular flexibility index (Phi) is 3.32. The van der Waals surface area contributed by atoms with Crippen LogP contribution in [-0.4, -0.2) is 11.9 Å². The smallest absolute Gasteiger partial charge is 0.102 e. The van der Waals surface area contributed by atoms with Crippen molar-refractivity contribution >= 4 is 5.84 Å². The van der Waals surface area contributed by atoms with Gasteiger partial charge >= 0.3 is 0 Å². The molecule has 1 aliphatic heterocycles. The van der Waals surface area contributed by atoms with E-state index in [1.807, 2.05) is 6.20 Å². The number of nitrogens with zero attached hydrogens (tertiary/aromatic N) is 1. The molecule has 0 saturated carbocycles. The van der Waals surface area contributed by atoms with Crippen molar-refractivity contribution in [2.24, 2.45) is 4.99 Å². The lowest BCUT2D eigenvalue weighted by Gasteiger charge is -2.24. The first kappa shape index (κ1) is 9.30. The van der Waals surface area contributed by atoms with Crippen LogP contribution in [0.1, 0.15) is 40.0 Å². The zero-order valence-electron chi connectivity index (χ0n) is 8.22. The quantitative estimate of drug-likeness (QED) is 0.684. The van der Waals surface area contributed by atoms with Crippen molar-refractivity contribution in [3.63, 3.8) is 0 Å². The summed E-state index contributed by atoms with van der Waals surface area (Å²) in [5, 5.41) is 3.44. The third kappa shape index (κ3) is 1.87. The molecule has 0 radical (unpaired) electrons. The molecule has 0 bridgehead atoms. The van der Waals surface area contributed by atoms with E-state index in [1.54, 1.807) is 0 Å². The van der Waals surface area contributed by atoms with Crippen LogP contribution in [-0.2, 0) is 0 Å². The van der Waals surface area contributed by atoms with Crippen molar-refractivity contribution in [3.05, 3.63) is 11.8 Å². The van der Waals surface area contributed by atoms with E-state index in [2.05, 4.69) is 31.1 Å². The third-order valence-electron chi connectivity index (χ3n) is 2.33. The minimum Gasteiger partial charge on any atom is -0.367 e. The molecule has 12 heavy (non-hydrogen) atoms. The van der Waals surface area contributed by atoms with E-state index in [0.717, 1.165) is 25.1 Å². The van der Waals surface area contributed by atoms with E-state index in [-0.39, 0.29) is 0 Å². The van der Waals surface area contributed by atoms with Gasteiger partial charge in [-0.05, 0) is 18.4 Å². The van der Waals surface area contributed by atoms with Crippen LogP contribution in [0.25, 0.3) is 0 Å². The van der Waals surface area contributed by atoms with Gasteiger partial charge in [0, 0.05) is 18.7 Å². The van der Waals surface area contributed by atoms with Gasteiger partial charge in [0.05, 0.1) is 0 Å². The molecule has 1 unspecified atom stereocenters. The van der Waals surface area contributed by atoms with Crippen molar-refractivity contribution in [1.82, 2.24) is 5.32 Å². The molecule has 1 aliphatic rings. The highest BCUT2D eigenvalue weighted by Crippen LogP contribution is 2.14. The number of amidine groups is 1. The topological polar surface area (TPSA) is 24.4 Å². The molecule has 0 aliphatic carbocycles. The van der Waals surface area contributed by atoms with Crippen LogP contribution in [0.4, 0.5) is 0 Å². The van der Waals surface area contributed by atoms with E-state index in [0.29, 0.717) is 6.04 Å². The molecule has 0 aromatic rings. The summed E-state index contributed by atoms with van der Waals surface area (Å²) in [6.07, 6.45) is 5.29. The van der Waals surface area contributed by atoms with Crippen molar-refractivity contribution in [2.45, 2.75) is 46.1 Å². The minimum absolute atomic E-state index is 0.530. The summed E-state index contributed by atoms with van der Waals surface area (Å²) < 4.78 is 0.